The molecule has 3 aromatic carbocycles. The molecule has 2 saturated carbocycles. The van der Waals surface area contributed by atoms with Gasteiger partial charge in [0.1, 0.15) is 6.29 Å². The van der Waals surface area contributed by atoms with E-state index in [4.69, 9.17) is 11.6 Å². The number of aldehydes is 1. The predicted octanol–water partition coefficient (Wildman–Crippen LogP) is 8.36. The van der Waals surface area contributed by atoms with Crippen LogP contribution in [0.5, 0.6) is 0 Å². The molecule has 38 heavy (non-hydrogen) atoms. The molecule has 0 saturated heterocycles. The second kappa shape index (κ2) is 15.4. The molecule has 5 rings (SSSR count). The minimum Gasteiger partial charge on any atom is -0.388 e. The highest BCUT2D eigenvalue weighted by Crippen LogP contribution is 2.43. The van der Waals surface area contributed by atoms with E-state index in [0.717, 1.165) is 44.9 Å². The average molecular weight is 533 g/mol. The van der Waals surface area contributed by atoms with Crippen LogP contribution in [0.15, 0.2) is 72.8 Å². The molecule has 2 bridgehead atoms. The lowest BCUT2D eigenvalue weighted by Gasteiger charge is -2.21. The number of rotatable bonds is 7. The number of halogens is 1. The smallest absolute Gasteiger partial charge is 0.142 e. The number of methoxy groups -OCH3 is 1. The van der Waals surface area contributed by atoms with Crippen LogP contribution < -0.4 is 10.2 Å². The first-order chi connectivity index (χ1) is 18.5. The van der Waals surface area contributed by atoms with Crippen LogP contribution in [-0.2, 0) is 16.1 Å². The zero-order chi connectivity index (χ0) is 27.3. The molecule has 1 N–H and O–H groups in total. The Morgan fingerprint density at radius 1 is 0.947 bits per heavy atom. The molecule has 5 heteroatoms. The van der Waals surface area contributed by atoms with E-state index in [1.807, 2.05) is 44.4 Å². The number of ether oxygens (including phenoxy) is 1. The molecule has 0 atom stereocenters. The summed E-state index contributed by atoms with van der Waals surface area (Å²) in [5.74, 6) is 2.34. The van der Waals surface area contributed by atoms with Gasteiger partial charge in [0.15, 0.2) is 0 Å². The highest BCUT2D eigenvalue weighted by molar-refractivity contribution is 6.31. The monoisotopic (exact) mass is 532 g/mol. The SMILES string of the molecule is C1CC2CCC1C2.CNc1ccc(-c2ccc(CN(C)c3cccc(/C=C/C=O)c3)c(Cl)c2)cc1.COC. The van der Waals surface area contributed by atoms with Crippen LogP contribution in [0.1, 0.15) is 43.2 Å². The average Bonchev–Trinajstić information content (AvgIpc) is 3.61. The Morgan fingerprint density at radius 3 is 2.11 bits per heavy atom. The van der Waals surface area contributed by atoms with E-state index in [0.29, 0.717) is 6.54 Å². The van der Waals surface area contributed by atoms with E-state index in [2.05, 4.69) is 51.4 Å². The Balaban J connectivity index is 0.000000332. The minimum absolute atomic E-state index is 0.693. The van der Waals surface area contributed by atoms with Crippen molar-refractivity contribution in [2.75, 3.05) is 38.5 Å². The van der Waals surface area contributed by atoms with Crippen LogP contribution in [0, 0.1) is 11.8 Å². The van der Waals surface area contributed by atoms with Gasteiger partial charge >= 0.3 is 0 Å². The third-order valence-corrected chi connectivity index (χ3v) is 7.63. The van der Waals surface area contributed by atoms with Gasteiger partial charge < -0.3 is 15.0 Å². The van der Waals surface area contributed by atoms with Gasteiger partial charge in [-0.15, -0.1) is 0 Å². The van der Waals surface area contributed by atoms with Gasteiger partial charge in [-0.05, 0) is 76.9 Å². The van der Waals surface area contributed by atoms with Crippen molar-refractivity contribution < 1.29 is 9.53 Å². The van der Waals surface area contributed by atoms with Gasteiger partial charge in [0.25, 0.3) is 0 Å². The molecule has 4 nitrogen and oxygen atoms in total. The third kappa shape index (κ3) is 8.75. The maximum Gasteiger partial charge on any atom is 0.142 e. The van der Waals surface area contributed by atoms with Gasteiger partial charge in [0.05, 0.1) is 0 Å². The molecule has 0 heterocycles. The standard InChI is InChI=1S/C24H23ClN2O.C7H12.C2H6O/c1-26-22-12-10-19(11-13-22)20-8-9-21(24(25)16-20)17-27(2)23-7-3-5-18(15-23)6-4-14-28;1-2-7-4-3-6(1)5-7;1-3-2/h3-16,26H,17H2,1-2H3;6-7H,1-5H2;1-2H3/b6-4+;;. The van der Waals surface area contributed by atoms with Crippen LogP contribution >= 0.6 is 11.6 Å². The summed E-state index contributed by atoms with van der Waals surface area (Å²) < 4.78 is 4.25. The maximum atomic E-state index is 10.5. The molecule has 2 aliphatic carbocycles. The first kappa shape index (κ1) is 29.5. The number of anilines is 2. The van der Waals surface area contributed by atoms with E-state index >= 15 is 0 Å². The van der Waals surface area contributed by atoms with Gasteiger partial charge in [0, 0.05) is 51.3 Å². The van der Waals surface area contributed by atoms with Crippen molar-refractivity contribution in [2.24, 2.45) is 11.8 Å². The van der Waals surface area contributed by atoms with Crippen molar-refractivity contribution in [3.63, 3.8) is 0 Å². The molecule has 0 radical (unpaired) electrons. The molecule has 0 aromatic heterocycles. The second-order valence-corrected chi connectivity index (χ2v) is 10.5. The number of hydrogen-bond donors (Lipinski definition) is 1. The summed E-state index contributed by atoms with van der Waals surface area (Å²) in [5, 5.41) is 3.87. The summed E-state index contributed by atoms with van der Waals surface area (Å²) in [5.41, 5.74) is 6.43. The molecule has 2 fully saturated rings. The summed E-state index contributed by atoms with van der Waals surface area (Å²) in [6, 6.07) is 22.5. The molecule has 2 aliphatic rings. The van der Waals surface area contributed by atoms with E-state index in [-0.39, 0.29) is 0 Å². The fraction of sp³-hybridized carbons (Fsp3) is 0.364. The summed E-state index contributed by atoms with van der Waals surface area (Å²) in [6.07, 6.45) is 11.9. The quantitative estimate of drug-likeness (QED) is 0.245. The van der Waals surface area contributed by atoms with Gasteiger partial charge in [-0.3, -0.25) is 4.79 Å². The largest absolute Gasteiger partial charge is 0.388 e. The second-order valence-electron chi connectivity index (χ2n) is 10.1. The molecule has 3 aromatic rings. The van der Waals surface area contributed by atoms with Crippen molar-refractivity contribution in [1.29, 1.82) is 0 Å². The van der Waals surface area contributed by atoms with Gasteiger partial charge in [-0.2, -0.15) is 0 Å². The van der Waals surface area contributed by atoms with Crippen LogP contribution in [0.2, 0.25) is 5.02 Å². The Morgan fingerprint density at radius 2 is 1.58 bits per heavy atom. The fourth-order valence-corrected chi connectivity index (χ4v) is 5.46. The highest BCUT2D eigenvalue weighted by Gasteiger charge is 2.30. The van der Waals surface area contributed by atoms with Crippen molar-refractivity contribution in [3.8, 4) is 11.1 Å². The minimum atomic E-state index is 0.693. The number of carbonyl (C=O) groups is 1. The number of benzene rings is 3. The maximum absolute atomic E-state index is 10.5. The topological polar surface area (TPSA) is 41.6 Å². The first-order valence-corrected chi connectivity index (χ1v) is 13.7. The molecule has 202 valence electrons. The van der Waals surface area contributed by atoms with E-state index in [1.165, 1.54) is 17.9 Å². The van der Waals surface area contributed by atoms with Crippen molar-refractivity contribution >= 4 is 35.3 Å². The Labute approximate surface area is 233 Å². The Kier molecular flexibility index (Phi) is 11.9. The molecule has 0 amide bonds. The normalized spacial score (nSPS) is 17.3. The molecule has 0 aliphatic heterocycles. The Hall–Kier alpha value is -3.08. The van der Waals surface area contributed by atoms with Crippen LogP contribution in [-0.4, -0.2) is 34.6 Å². The summed E-state index contributed by atoms with van der Waals surface area (Å²) in [4.78, 5) is 12.7. The summed E-state index contributed by atoms with van der Waals surface area (Å²) >= 11 is 6.58. The highest BCUT2D eigenvalue weighted by atomic mass is 35.5. The van der Waals surface area contributed by atoms with E-state index < -0.39 is 0 Å². The van der Waals surface area contributed by atoms with Gasteiger partial charge in [0.2, 0.25) is 0 Å². The lowest BCUT2D eigenvalue weighted by atomic mass is 10.0. The molecule has 0 spiro atoms. The van der Waals surface area contributed by atoms with Crippen LogP contribution in [0.4, 0.5) is 11.4 Å². The summed E-state index contributed by atoms with van der Waals surface area (Å²) in [7, 11) is 7.19. The van der Waals surface area contributed by atoms with Crippen LogP contribution in [0.3, 0.4) is 0 Å². The molecular weight excluding hydrogens is 492 g/mol. The first-order valence-electron chi connectivity index (χ1n) is 13.4. The Bertz CT molecular complexity index is 1160. The number of allylic oxidation sites excluding steroid dienone is 1. The van der Waals surface area contributed by atoms with Crippen LogP contribution in [0.25, 0.3) is 17.2 Å². The lowest BCUT2D eigenvalue weighted by molar-refractivity contribution is -0.104. The van der Waals surface area contributed by atoms with Crippen molar-refractivity contribution in [3.05, 3.63) is 89.0 Å². The van der Waals surface area contributed by atoms with E-state index in [1.54, 1.807) is 52.4 Å². The third-order valence-electron chi connectivity index (χ3n) is 7.28. The zero-order valence-corrected chi connectivity index (χ0v) is 23.9. The van der Waals surface area contributed by atoms with Gasteiger partial charge in [-0.25, -0.2) is 0 Å². The number of nitrogens with one attached hydrogen (secondary N) is 1. The summed E-state index contributed by atoms with van der Waals surface area (Å²) in [6.45, 7) is 0.693. The number of hydrogen-bond acceptors (Lipinski definition) is 4. The number of nitrogens with zero attached hydrogens (tertiary/aromatic N) is 1. The lowest BCUT2D eigenvalue weighted by Crippen LogP contribution is -2.16. The molecule has 0 unspecified atom stereocenters. The zero-order valence-electron chi connectivity index (χ0n) is 23.1. The van der Waals surface area contributed by atoms with Crippen molar-refractivity contribution in [1.82, 2.24) is 0 Å². The predicted molar refractivity (Wildman–Crippen MR) is 163 cm³/mol. The number of carbonyl (C=O) groups excluding carboxylic acids is 1. The van der Waals surface area contributed by atoms with Gasteiger partial charge in [-0.1, -0.05) is 79.8 Å². The number of fused-ring (bicyclic) bond motifs is 2. The fourth-order valence-electron chi connectivity index (χ4n) is 5.22. The molecular formula is C33H41ClN2O2. The van der Waals surface area contributed by atoms with Crippen molar-refractivity contribution in [2.45, 2.75) is 38.6 Å². The van der Waals surface area contributed by atoms with E-state index in [9.17, 15) is 4.79 Å².